The van der Waals surface area contributed by atoms with Crippen molar-refractivity contribution in [2.75, 3.05) is 5.75 Å². The van der Waals surface area contributed by atoms with Crippen molar-refractivity contribution in [3.8, 4) is 0 Å². The second-order valence-corrected chi connectivity index (χ2v) is 6.53. The van der Waals surface area contributed by atoms with Gasteiger partial charge in [0.05, 0.1) is 0 Å². The van der Waals surface area contributed by atoms with Crippen LogP contribution in [-0.2, 0) is 6.54 Å². The highest BCUT2D eigenvalue weighted by Crippen LogP contribution is 2.26. The summed E-state index contributed by atoms with van der Waals surface area (Å²) in [6.45, 7) is 9.58. The van der Waals surface area contributed by atoms with Gasteiger partial charge in [0.25, 0.3) is 0 Å². The van der Waals surface area contributed by atoms with Crippen LogP contribution in [-0.4, -0.2) is 11.3 Å². The number of thioether (sulfide) groups is 1. The van der Waals surface area contributed by atoms with Crippen LogP contribution >= 0.6 is 23.4 Å². The first-order valence-electron chi connectivity index (χ1n) is 5.58. The third-order valence-electron chi connectivity index (χ3n) is 2.14. The third-order valence-corrected chi connectivity index (χ3v) is 3.35. The highest BCUT2D eigenvalue weighted by molar-refractivity contribution is 7.99. The van der Waals surface area contributed by atoms with Gasteiger partial charge in [0.1, 0.15) is 0 Å². The van der Waals surface area contributed by atoms with Gasteiger partial charge in [0.2, 0.25) is 0 Å². The lowest BCUT2D eigenvalue weighted by molar-refractivity contribution is 0.422. The Bertz CT molecular complexity index is 344. The van der Waals surface area contributed by atoms with Crippen molar-refractivity contribution >= 4 is 23.4 Å². The molecule has 0 radical (unpaired) electrons. The van der Waals surface area contributed by atoms with Crippen LogP contribution in [0.2, 0.25) is 5.02 Å². The summed E-state index contributed by atoms with van der Waals surface area (Å²) in [6, 6.07) is 6.12. The van der Waals surface area contributed by atoms with E-state index in [-0.39, 0.29) is 5.54 Å². The maximum Gasteiger partial charge on any atom is 0.0417 e. The van der Waals surface area contributed by atoms with Crippen molar-refractivity contribution in [1.29, 1.82) is 0 Å². The Labute approximate surface area is 108 Å². The van der Waals surface area contributed by atoms with Gasteiger partial charge < -0.3 is 5.32 Å². The fourth-order valence-corrected chi connectivity index (χ4v) is 2.41. The van der Waals surface area contributed by atoms with Gasteiger partial charge in [-0.25, -0.2) is 0 Å². The van der Waals surface area contributed by atoms with Gasteiger partial charge in [-0.2, -0.15) is 0 Å². The first-order chi connectivity index (χ1) is 7.42. The van der Waals surface area contributed by atoms with Crippen LogP contribution in [0.1, 0.15) is 33.3 Å². The Hall–Kier alpha value is -0.180. The summed E-state index contributed by atoms with van der Waals surface area (Å²) in [4.78, 5) is 1.28. The summed E-state index contributed by atoms with van der Waals surface area (Å²) < 4.78 is 0. The van der Waals surface area contributed by atoms with E-state index in [0.717, 1.165) is 17.3 Å². The molecule has 1 rings (SSSR count). The average molecular weight is 258 g/mol. The predicted octanol–water partition coefficient (Wildman–Crippen LogP) is 4.34. The van der Waals surface area contributed by atoms with Crippen molar-refractivity contribution in [1.82, 2.24) is 5.32 Å². The number of hydrogen-bond acceptors (Lipinski definition) is 2. The number of halogens is 1. The topological polar surface area (TPSA) is 12.0 Å². The zero-order valence-electron chi connectivity index (χ0n) is 10.4. The van der Waals surface area contributed by atoms with Gasteiger partial charge in [0.15, 0.2) is 0 Å². The molecule has 1 aromatic carbocycles. The summed E-state index contributed by atoms with van der Waals surface area (Å²) >= 11 is 7.85. The Balaban J connectivity index is 2.78. The number of hydrogen-bond donors (Lipinski definition) is 1. The van der Waals surface area contributed by atoms with E-state index >= 15 is 0 Å². The maximum atomic E-state index is 6.01. The molecular formula is C13H20ClNS. The molecule has 0 saturated carbocycles. The largest absolute Gasteiger partial charge is 0.308 e. The van der Waals surface area contributed by atoms with Crippen molar-refractivity contribution in [2.45, 2.75) is 44.7 Å². The lowest BCUT2D eigenvalue weighted by Gasteiger charge is -2.21. The van der Waals surface area contributed by atoms with Crippen LogP contribution in [0.25, 0.3) is 0 Å². The highest BCUT2D eigenvalue weighted by atomic mass is 35.5. The van der Waals surface area contributed by atoms with Crippen molar-refractivity contribution < 1.29 is 0 Å². The molecule has 0 atom stereocenters. The van der Waals surface area contributed by atoms with Crippen molar-refractivity contribution in [2.24, 2.45) is 0 Å². The average Bonchev–Trinajstić information content (AvgIpc) is 2.15. The molecule has 0 bridgehead atoms. The Kier molecular flexibility index (Phi) is 5.16. The third kappa shape index (κ3) is 4.77. The summed E-state index contributed by atoms with van der Waals surface area (Å²) in [5.74, 6) is 1.07. The molecular weight excluding hydrogens is 238 g/mol. The summed E-state index contributed by atoms with van der Waals surface area (Å²) in [6.07, 6.45) is 0. The van der Waals surface area contributed by atoms with Gasteiger partial charge in [0, 0.05) is 22.0 Å². The van der Waals surface area contributed by atoms with Crippen LogP contribution in [0.5, 0.6) is 0 Å². The van der Waals surface area contributed by atoms with Gasteiger partial charge in [-0.05, 0) is 44.2 Å². The van der Waals surface area contributed by atoms with Crippen LogP contribution in [0, 0.1) is 0 Å². The highest BCUT2D eigenvalue weighted by Gasteiger charge is 2.10. The molecule has 0 aliphatic carbocycles. The molecule has 0 aliphatic heterocycles. The molecule has 0 unspecified atom stereocenters. The predicted molar refractivity (Wildman–Crippen MR) is 74.4 cm³/mol. The quantitative estimate of drug-likeness (QED) is 0.806. The second kappa shape index (κ2) is 5.95. The van der Waals surface area contributed by atoms with Gasteiger partial charge in [-0.15, -0.1) is 11.8 Å². The van der Waals surface area contributed by atoms with Gasteiger partial charge >= 0.3 is 0 Å². The molecule has 0 aliphatic rings. The molecule has 0 aromatic heterocycles. The van der Waals surface area contributed by atoms with Gasteiger partial charge in [-0.1, -0.05) is 24.6 Å². The summed E-state index contributed by atoms with van der Waals surface area (Å²) in [5.41, 5.74) is 1.47. The smallest absolute Gasteiger partial charge is 0.0417 e. The minimum Gasteiger partial charge on any atom is -0.308 e. The molecule has 0 heterocycles. The molecule has 0 saturated heterocycles. The molecule has 3 heteroatoms. The zero-order valence-corrected chi connectivity index (χ0v) is 12.0. The van der Waals surface area contributed by atoms with Crippen LogP contribution in [0.4, 0.5) is 0 Å². The Morgan fingerprint density at radius 2 is 2.00 bits per heavy atom. The lowest BCUT2D eigenvalue weighted by atomic mass is 10.1. The van der Waals surface area contributed by atoms with E-state index in [2.05, 4.69) is 45.1 Å². The van der Waals surface area contributed by atoms with E-state index in [4.69, 9.17) is 11.6 Å². The van der Waals surface area contributed by atoms with Crippen LogP contribution in [0.3, 0.4) is 0 Å². The van der Waals surface area contributed by atoms with E-state index in [9.17, 15) is 0 Å². The summed E-state index contributed by atoms with van der Waals surface area (Å²) in [7, 11) is 0. The molecule has 0 amide bonds. The monoisotopic (exact) mass is 257 g/mol. The van der Waals surface area contributed by atoms with E-state index in [0.29, 0.717) is 0 Å². The lowest BCUT2D eigenvalue weighted by Crippen LogP contribution is -2.35. The number of benzene rings is 1. The second-order valence-electron chi connectivity index (χ2n) is 4.79. The molecule has 0 spiro atoms. The van der Waals surface area contributed by atoms with E-state index < -0.39 is 0 Å². The van der Waals surface area contributed by atoms with Crippen molar-refractivity contribution in [3.05, 3.63) is 28.8 Å². The summed E-state index contributed by atoms with van der Waals surface area (Å²) in [5, 5.41) is 4.32. The van der Waals surface area contributed by atoms with Crippen LogP contribution < -0.4 is 5.32 Å². The van der Waals surface area contributed by atoms with E-state index in [1.54, 1.807) is 0 Å². The minimum absolute atomic E-state index is 0.147. The van der Waals surface area contributed by atoms with E-state index in [1.807, 2.05) is 17.8 Å². The maximum absolute atomic E-state index is 6.01. The van der Waals surface area contributed by atoms with E-state index in [1.165, 1.54) is 10.5 Å². The van der Waals surface area contributed by atoms with Crippen molar-refractivity contribution in [3.63, 3.8) is 0 Å². The normalized spacial score (nSPS) is 11.8. The molecule has 0 fully saturated rings. The SMILES string of the molecule is CCSc1cc(Cl)ccc1CNC(C)(C)C. The molecule has 16 heavy (non-hydrogen) atoms. The number of rotatable bonds is 4. The first kappa shape index (κ1) is 13.9. The fourth-order valence-electron chi connectivity index (χ4n) is 1.32. The number of nitrogens with one attached hydrogen (secondary N) is 1. The fraction of sp³-hybridized carbons (Fsp3) is 0.538. The first-order valence-corrected chi connectivity index (χ1v) is 6.95. The van der Waals surface area contributed by atoms with Gasteiger partial charge in [-0.3, -0.25) is 0 Å². The Morgan fingerprint density at radius 3 is 2.56 bits per heavy atom. The molecule has 1 N–H and O–H groups in total. The Morgan fingerprint density at radius 1 is 1.31 bits per heavy atom. The minimum atomic E-state index is 0.147. The molecule has 1 nitrogen and oxygen atoms in total. The standard InChI is InChI=1S/C13H20ClNS/c1-5-16-12-8-11(14)7-6-10(12)9-15-13(2,3)4/h6-8,15H,5,9H2,1-4H3. The van der Waals surface area contributed by atoms with Crippen LogP contribution in [0.15, 0.2) is 23.1 Å². The zero-order chi connectivity index (χ0) is 12.2. The molecule has 1 aromatic rings. The molecule has 90 valence electrons.